The van der Waals surface area contributed by atoms with Gasteiger partial charge in [-0.2, -0.15) is 0 Å². The molecule has 0 bridgehead atoms. The van der Waals surface area contributed by atoms with Crippen LogP contribution < -0.4 is 10.6 Å². The molecule has 1 saturated carbocycles. The van der Waals surface area contributed by atoms with E-state index in [0.29, 0.717) is 6.10 Å². The van der Waals surface area contributed by atoms with Crippen molar-refractivity contribution in [3.8, 4) is 0 Å². The Labute approximate surface area is 132 Å². The number of nitrogens with zero attached hydrogens (tertiary/aromatic N) is 1. The number of ether oxygens (including phenoxy) is 1. The van der Waals surface area contributed by atoms with Gasteiger partial charge in [-0.3, -0.25) is 4.99 Å². The summed E-state index contributed by atoms with van der Waals surface area (Å²) in [5, 5.41) is 8.71. The van der Waals surface area contributed by atoms with E-state index in [1.807, 2.05) is 0 Å². The fourth-order valence-corrected chi connectivity index (χ4v) is 3.25. The van der Waals surface area contributed by atoms with Crippen molar-refractivity contribution in [2.45, 2.75) is 51.2 Å². The van der Waals surface area contributed by atoms with Crippen molar-refractivity contribution in [1.82, 2.24) is 10.6 Å². The molecule has 0 aliphatic heterocycles. The maximum Gasteiger partial charge on any atom is 0.191 e. The first-order chi connectivity index (χ1) is 10.4. The Morgan fingerprint density at radius 3 is 2.76 bits per heavy atom. The molecule has 1 aliphatic carbocycles. The SMILES string of the molecule is CN=C(NCCOC1CCCCCC1)NCc1cccs1. The molecule has 1 fully saturated rings. The summed E-state index contributed by atoms with van der Waals surface area (Å²) in [4.78, 5) is 5.54. The molecule has 1 aromatic heterocycles. The van der Waals surface area contributed by atoms with Crippen molar-refractivity contribution >= 4 is 17.3 Å². The molecule has 2 rings (SSSR count). The zero-order valence-electron chi connectivity index (χ0n) is 12.9. The standard InChI is InChI=1S/C16H27N3OS/c1-17-16(19-13-15-9-6-12-21-15)18-10-11-20-14-7-4-2-3-5-8-14/h6,9,12,14H,2-5,7-8,10-11,13H2,1H3,(H2,17,18,19). The highest BCUT2D eigenvalue weighted by atomic mass is 32.1. The van der Waals surface area contributed by atoms with Gasteiger partial charge in [0.15, 0.2) is 5.96 Å². The van der Waals surface area contributed by atoms with E-state index >= 15 is 0 Å². The summed E-state index contributed by atoms with van der Waals surface area (Å²) in [6.45, 7) is 2.38. The van der Waals surface area contributed by atoms with Crippen LogP contribution in [0.25, 0.3) is 0 Å². The van der Waals surface area contributed by atoms with E-state index in [1.54, 1.807) is 18.4 Å². The third-order valence-electron chi connectivity index (χ3n) is 3.78. The van der Waals surface area contributed by atoms with Crippen molar-refractivity contribution in [2.24, 2.45) is 4.99 Å². The summed E-state index contributed by atoms with van der Waals surface area (Å²) >= 11 is 1.75. The first-order valence-corrected chi connectivity index (χ1v) is 8.85. The number of guanidine groups is 1. The molecule has 0 atom stereocenters. The summed E-state index contributed by atoms with van der Waals surface area (Å²) in [5.74, 6) is 0.841. The topological polar surface area (TPSA) is 45.7 Å². The van der Waals surface area contributed by atoms with E-state index in [1.165, 1.54) is 43.4 Å². The summed E-state index contributed by atoms with van der Waals surface area (Å²) in [7, 11) is 1.80. The Kier molecular flexibility index (Phi) is 7.60. The summed E-state index contributed by atoms with van der Waals surface area (Å²) in [5.41, 5.74) is 0. The van der Waals surface area contributed by atoms with Crippen molar-refractivity contribution in [3.05, 3.63) is 22.4 Å². The molecule has 2 N–H and O–H groups in total. The molecule has 0 spiro atoms. The highest BCUT2D eigenvalue weighted by Gasteiger charge is 2.12. The highest BCUT2D eigenvalue weighted by Crippen LogP contribution is 2.19. The fourth-order valence-electron chi connectivity index (χ4n) is 2.61. The quantitative estimate of drug-likeness (QED) is 0.367. The van der Waals surface area contributed by atoms with Gasteiger partial charge in [0.2, 0.25) is 0 Å². The minimum atomic E-state index is 0.468. The van der Waals surface area contributed by atoms with E-state index in [0.717, 1.165) is 25.7 Å². The van der Waals surface area contributed by atoms with Crippen LogP contribution in [0.4, 0.5) is 0 Å². The van der Waals surface area contributed by atoms with Crippen LogP contribution >= 0.6 is 11.3 Å². The summed E-state index contributed by atoms with van der Waals surface area (Å²) in [6.07, 6.45) is 8.31. The van der Waals surface area contributed by atoms with Gasteiger partial charge in [-0.15, -0.1) is 11.3 Å². The molecule has 0 unspecified atom stereocenters. The Bertz CT molecular complexity index is 398. The minimum absolute atomic E-state index is 0.468. The van der Waals surface area contributed by atoms with E-state index in [4.69, 9.17) is 4.74 Å². The Hall–Kier alpha value is -1.07. The van der Waals surface area contributed by atoms with Crippen molar-refractivity contribution in [3.63, 3.8) is 0 Å². The van der Waals surface area contributed by atoms with Gasteiger partial charge in [-0.25, -0.2) is 0 Å². The predicted octanol–water partition coefficient (Wildman–Crippen LogP) is 3.15. The van der Waals surface area contributed by atoms with Crippen LogP contribution in [0.2, 0.25) is 0 Å². The molecule has 0 amide bonds. The molecular formula is C16H27N3OS. The maximum absolute atomic E-state index is 5.97. The van der Waals surface area contributed by atoms with E-state index in [2.05, 4.69) is 33.1 Å². The third kappa shape index (κ3) is 6.48. The van der Waals surface area contributed by atoms with Crippen LogP contribution in [0, 0.1) is 0 Å². The molecule has 0 saturated heterocycles. The lowest BCUT2D eigenvalue weighted by Gasteiger charge is -2.16. The smallest absolute Gasteiger partial charge is 0.191 e. The lowest BCUT2D eigenvalue weighted by molar-refractivity contribution is 0.0468. The average molecular weight is 309 g/mol. The van der Waals surface area contributed by atoms with Crippen molar-refractivity contribution in [2.75, 3.05) is 20.2 Å². The molecule has 0 aromatic carbocycles. The van der Waals surface area contributed by atoms with Gasteiger partial charge in [0, 0.05) is 18.5 Å². The lowest BCUT2D eigenvalue weighted by atomic mass is 10.1. The van der Waals surface area contributed by atoms with Gasteiger partial charge in [0.25, 0.3) is 0 Å². The average Bonchev–Trinajstić information content (AvgIpc) is 2.89. The first-order valence-electron chi connectivity index (χ1n) is 7.97. The van der Waals surface area contributed by atoms with E-state index in [-0.39, 0.29) is 0 Å². The fraction of sp³-hybridized carbons (Fsp3) is 0.688. The van der Waals surface area contributed by atoms with Gasteiger partial charge in [0.1, 0.15) is 0 Å². The molecule has 1 aliphatic rings. The lowest BCUT2D eigenvalue weighted by Crippen LogP contribution is -2.38. The second-order valence-electron chi connectivity index (χ2n) is 5.42. The van der Waals surface area contributed by atoms with Crippen LogP contribution in [0.15, 0.2) is 22.5 Å². The maximum atomic E-state index is 5.97. The number of rotatable bonds is 6. The molecule has 5 heteroatoms. The Morgan fingerprint density at radius 1 is 1.29 bits per heavy atom. The number of hydrogen-bond acceptors (Lipinski definition) is 3. The van der Waals surface area contributed by atoms with Crippen LogP contribution in [0.1, 0.15) is 43.4 Å². The monoisotopic (exact) mass is 309 g/mol. The second-order valence-corrected chi connectivity index (χ2v) is 6.45. The molecule has 1 aromatic rings. The van der Waals surface area contributed by atoms with Crippen LogP contribution in [0.3, 0.4) is 0 Å². The Morgan fingerprint density at radius 2 is 2.10 bits per heavy atom. The number of nitrogens with one attached hydrogen (secondary N) is 2. The number of hydrogen-bond donors (Lipinski definition) is 2. The predicted molar refractivity (Wildman–Crippen MR) is 90.0 cm³/mol. The summed E-state index contributed by atoms with van der Waals surface area (Å²) in [6, 6.07) is 4.19. The largest absolute Gasteiger partial charge is 0.376 e. The number of thiophene rings is 1. The van der Waals surface area contributed by atoms with E-state index in [9.17, 15) is 0 Å². The van der Waals surface area contributed by atoms with Gasteiger partial charge < -0.3 is 15.4 Å². The van der Waals surface area contributed by atoms with Gasteiger partial charge in [-0.05, 0) is 24.3 Å². The zero-order chi connectivity index (χ0) is 14.8. The van der Waals surface area contributed by atoms with E-state index < -0.39 is 0 Å². The first kappa shape index (κ1) is 16.3. The van der Waals surface area contributed by atoms with Crippen LogP contribution in [-0.2, 0) is 11.3 Å². The molecule has 0 radical (unpaired) electrons. The van der Waals surface area contributed by atoms with Gasteiger partial charge in [-0.1, -0.05) is 31.7 Å². The molecule has 1 heterocycles. The molecular weight excluding hydrogens is 282 g/mol. The Balaban J connectivity index is 1.57. The molecule has 118 valence electrons. The normalized spacial score (nSPS) is 17.5. The van der Waals surface area contributed by atoms with Crippen LogP contribution in [0.5, 0.6) is 0 Å². The summed E-state index contributed by atoms with van der Waals surface area (Å²) < 4.78 is 5.97. The second kappa shape index (κ2) is 9.79. The van der Waals surface area contributed by atoms with Crippen LogP contribution in [-0.4, -0.2) is 32.3 Å². The highest BCUT2D eigenvalue weighted by molar-refractivity contribution is 7.09. The van der Waals surface area contributed by atoms with Gasteiger partial charge >= 0.3 is 0 Å². The van der Waals surface area contributed by atoms with Crippen molar-refractivity contribution in [1.29, 1.82) is 0 Å². The zero-order valence-corrected chi connectivity index (χ0v) is 13.8. The third-order valence-corrected chi connectivity index (χ3v) is 4.66. The van der Waals surface area contributed by atoms with Crippen molar-refractivity contribution < 1.29 is 4.74 Å². The number of aliphatic imine (C=N–C) groups is 1. The van der Waals surface area contributed by atoms with Gasteiger partial charge in [0.05, 0.1) is 19.3 Å². The molecule has 21 heavy (non-hydrogen) atoms. The minimum Gasteiger partial charge on any atom is -0.376 e. The molecule has 4 nitrogen and oxygen atoms in total.